The highest BCUT2D eigenvalue weighted by Crippen LogP contribution is 2.20. The zero-order valence-corrected chi connectivity index (χ0v) is 13.5. The molecule has 0 saturated carbocycles. The van der Waals surface area contributed by atoms with Crippen molar-refractivity contribution in [1.29, 1.82) is 0 Å². The molecule has 0 aromatic heterocycles. The van der Waals surface area contributed by atoms with Gasteiger partial charge in [-0.3, -0.25) is 4.79 Å². The molecule has 126 valence electrons. The number of hydrogen-bond acceptors (Lipinski definition) is 1. The summed E-state index contributed by atoms with van der Waals surface area (Å²) in [5.74, 6) is -2.15. The van der Waals surface area contributed by atoms with Crippen molar-refractivity contribution in [1.82, 2.24) is 5.32 Å². The molecule has 0 aliphatic heterocycles. The van der Waals surface area contributed by atoms with Crippen molar-refractivity contribution in [2.75, 3.05) is 0 Å². The predicted molar refractivity (Wildman–Crippen MR) is 93.2 cm³/mol. The first kappa shape index (κ1) is 16.8. The van der Waals surface area contributed by atoms with Crippen LogP contribution in [0.5, 0.6) is 0 Å². The van der Waals surface area contributed by atoms with Gasteiger partial charge in [0.1, 0.15) is 11.6 Å². The van der Waals surface area contributed by atoms with E-state index in [1.54, 1.807) is 0 Å². The monoisotopic (exact) mass is 337 g/mol. The summed E-state index contributed by atoms with van der Waals surface area (Å²) >= 11 is 0. The maximum absolute atomic E-state index is 13.9. The third kappa shape index (κ3) is 4.29. The number of benzene rings is 3. The van der Waals surface area contributed by atoms with Gasteiger partial charge in [-0.25, -0.2) is 8.78 Å². The fourth-order valence-corrected chi connectivity index (χ4v) is 2.70. The summed E-state index contributed by atoms with van der Waals surface area (Å²) in [6.45, 7) is 0. The van der Waals surface area contributed by atoms with E-state index in [4.69, 9.17) is 0 Å². The van der Waals surface area contributed by atoms with Crippen LogP contribution in [0.25, 0.3) is 0 Å². The second-order valence-corrected chi connectivity index (χ2v) is 5.75. The van der Waals surface area contributed by atoms with Crippen LogP contribution in [0.2, 0.25) is 0 Å². The summed E-state index contributed by atoms with van der Waals surface area (Å²) in [5, 5.41) is 2.86. The van der Waals surface area contributed by atoms with Crippen molar-refractivity contribution >= 4 is 5.91 Å². The largest absolute Gasteiger partial charge is 0.345 e. The first-order valence-corrected chi connectivity index (χ1v) is 7.98. The second kappa shape index (κ2) is 7.71. The zero-order valence-electron chi connectivity index (χ0n) is 13.5. The topological polar surface area (TPSA) is 29.1 Å². The Morgan fingerprint density at radius 1 is 0.880 bits per heavy atom. The van der Waals surface area contributed by atoms with Crippen LogP contribution in [0.4, 0.5) is 8.78 Å². The highest BCUT2D eigenvalue weighted by atomic mass is 19.1. The Hall–Kier alpha value is -3.01. The highest BCUT2D eigenvalue weighted by Gasteiger charge is 2.19. The van der Waals surface area contributed by atoms with Crippen molar-refractivity contribution in [2.45, 2.75) is 12.5 Å². The molecule has 0 bridgehead atoms. The molecule has 0 fully saturated rings. The number of hydrogen-bond donors (Lipinski definition) is 1. The molecular formula is C21H17F2NO. The van der Waals surface area contributed by atoms with E-state index >= 15 is 0 Å². The predicted octanol–water partition coefficient (Wildman–Crippen LogP) is 4.68. The van der Waals surface area contributed by atoms with Crippen LogP contribution in [0.1, 0.15) is 27.5 Å². The van der Waals surface area contributed by atoms with Gasteiger partial charge in [-0.15, -0.1) is 0 Å². The quantitative estimate of drug-likeness (QED) is 0.720. The molecule has 0 saturated heterocycles. The van der Waals surface area contributed by atoms with E-state index < -0.39 is 17.5 Å². The Morgan fingerprint density at radius 3 is 2.16 bits per heavy atom. The maximum atomic E-state index is 13.9. The van der Waals surface area contributed by atoms with Crippen molar-refractivity contribution in [3.63, 3.8) is 0 Å². The number of rotatable bonds is 5. The van der Waals surface area contributed by atoms with Crippen LogP contribution >= 0.6 is 0 Å². The first-order chi connectivity index (χ1) is 12.1. The summed E-state index contributed by atoms with van der Waals surface area (Å²) in [7, 11) is 0. The van der Waals surface area contributed by atoms with Gasteiger partial charge in [0, 0.05) is 6.07 Å². The molecule has 4 heteroatoms. The van der Waals surface area contributed by atoms with E-state index in [1.807, 2.05) is 60.7 Å². The van der Waals surface area contributed by atoms with Crippen molar-refractivity contribution < 1.29 is 13.6 Å². The fraction of sp³-hybridized carbons (Fsp3) is 0.0952. The summed E-state index contributed by atoms with van der Waals surface area (Å²) in [4.78, 5) is 12.5. The number of nitrogens with one attached hydrogen (secondary N) is 1. The lowest BCUT2D eigenvalue weighted by Gasteiger charge is -2.20. The molecule has 0 aliphatic carbocycles. The van der Waals surface area contributed by atoms with E-state index in [0.29, 0.717) is 12.5 Å². The summed E-state index contributed by atoms with van der Waals surface area (Å²) in [5.41, 5.74) is 1.80. The third-order valence-electron chi connectivity index (χ3n) is 3.97. The minimum Gasteiger partial charge on any atom is -0.345 e. The Balaban J connectivity index is 1.85. The van der Waals surface area contributed by atoms with E-state index in [-0.39, 0.29) is 11.6 Å². The molecular weight excluding hydrogens is 320 g/mol. The summed E-state index contributed by atoms with van der Waals surface area (Å²) in [6, 6.07) is 21.8. The number of amides is 1. The lowest BCUT2D eigenvalue weighted by atomic mass is 9.98. The van der Waals surface area contributed by atoms with Crippen LogP contribution in [0, 0.1) is 11.6 Å². The molecule has 0 unspecified atom stereocenters. The van der Waals surface area contributed by atoms with E-state index in [1.165, 1.54) is 0 Å². The maximum Gasteiger partial charge on any atom is 0.254 e. The average molecular weight is 337 g/mol. The highest BCUT2D eigenvalue weighted by molar-refractivity contribution is 5.94. The zero-order chi connectivity index (χ0) is 17.6. The van der Waals surface area contributed by atoms with Gasteiger partial charge in [-0.05, 0) is 29.7 Å². The Labute approximate surface area is 145 Å². The van der Waals surface area contributed by atoms with Gasteiger partial charge >= 0.3 is 0 Å². The number of carbonyl (C=O) groups excluding carboxylic acids is 1. The summed E-state index contributed by atoms with van der Waals surface area (Å²) < 4.78 is 26.9. The molecule has 1 N–H and O–H groups in total. The number of carbonyl (C=O) groups is 1. The standard InChI is InChI=1S/C21H17F2NO/c22-17-11-12-18(19(23)14-17)21(25)24-20(16-9-5-2-6-10-16)13-15-7-3-1-4-8-15/h1-12,14,20H,13H2,(H,24,25)/t20-/m1/s1. The minimum atomic E-state index is -0.871. The van der Waals surface area contributed by atoms with Crippen molar-refractivity contribution in [3.8, 4) is 0 Å². The lowest BCUT2D eigenvalue weighted by molar-refractivity contribution is 0.0932. The van der Waals surface area contributed by atoms with Gasteiger partial charge < -0.3 is 5.32 Å². The molecule has 3 rings (SSSR count). The van der Waals surface area contributed by atoms with Gasteiger partial charge in [0.25, 0.3) is 5.91 Å². The fourth-order valence-electron chi connectivity index (χ4n) is 2.70. The normalized spacial score (nSPS) is 11.8. The second-order valence-electron chi connectivity index (χ2n) is 5.75. The number of halogens is 2. The van der Waals surface area contributed by atoms with Crippen LogP contribution in [-0.4, -0.2) is 5.91 Å². The van der Waals surface area contributed by atoms with Gasteiger partial charge in [0.2, 0.25) is 0 Å². The van der Waals surface area contributed by atoms with Gasteiger partial charge in [0.15, 0.2) is 0 Å². The molecule has 1 atom stereocenters. The SMILES string of the molecule is O=C(N[C@H](Cc1ccccc1)c1ccccc1)c1ccc(F)cc1F. The van der Waals surface area contributed by atoms with Gasteiger partial charge in [-0.1, -0.05) is 60.7 Å². The smallest absolute Gasteiger partial charge is 0.254 e. The van der Waals surface area contributed by atoms with Crippen LogP contribution in [-0.2, 0) is 6.42 Å². The van der Waals surface area contributed by atoms with Crippen molar-refractivity contribution in [3.05, 3.63) is 107 Å². The molecule has 0 spiro atoms. The molecule has 2 nitrogen and oxygen atoms in total. The summed E-state index contributed by atoms with van der Waals surface area (Å²) in [6.07, 6.45) is 0.569. The minimum absolute atomic E-state index is 0.171. The molecule has 25 heavy (non-hydrogen) atoms. The molecule has 3 aromatic carbocycles. The van der Waals surface area contributed by atoms with Gasteiger partial charge in [-0.2, -0.15) is 0 Å². The Bertz CT molecular complexity index is 850. The Kier molecular flexibility index (Phi) is 5.19. The molecule has 0 heterocycles. The van der Waals surface area contributed by atoms with Crippen LogP contribution in [0.15, 0.2) is 78.9 Å². The Morgan fingerprint density at radius 2 is 1.52 bits per heavy atom. The van der Waals surface area contributed by atoms with E-state index in [9.17, 15) is 13.6 Å². The van der Waals surface area contributed by atoms with Crippen LogP contribution in [0.3, 0.4) is 0 Å². The molecule has 3 aromatic rings. The molecule has 0 aliphatic rings. The lowest BCUT2D eigenvalue weighted by Crippen LogP contribution is -2.30. The van der Waals surface area contributed by atoms with Gasteiger partial charge in [0.05, 0.1) is 11.6 Å². The average Bonchev–Trinajstić information content (AvgIpc) is 2.62. The molecule has 0 radical (unpaired) electrons. The molecule has 1 amide bonds. The van der Waals surface area contributed by atoms with Crippen LogP contribution < -0.4 is 5.32 Å². The van der Waals surface area contributed by atoms with Crippen molar-refractivity contribution in [2.24, 2.45) is 0 Å². The van der Waals surface area contributed by atoms with E-state index in [2.05, 4.69) is 5.32 Å². The first-order valence-electron chi connectivity index (χ1n) is 7.98. The van der Waals surface area contributed by atoms with E-state index in [0.717, 1.165) is 23.3 Å². The third-order valence-corrected chi connectivity index (χ3v) is 3.97.